The van der Waals surface area contributed by atoms with Gasteiger partial charge in [-0.2, -0.15) is 0 Å². The fraction of sp³-hybridized carbons (Fsp3) is 0.417. The summed E-state index contributed by atoms with van der Waals surface area (Å²) < 4.78 is 1.21. The smallest absolute Gasteiger partial charge is 0.0925 e. The number of hydrogen-bond acceptors (Lipinski definition) is 4. The van der Waals surface area contributed by atoms with Gasteiger partial charge in [-0.15, -0.1) is 22.7 Å². The number of thiophene rings is 1. The van der Waals surface area contributed by atoms with Crippen LogP contribution in [-0.4, -0.2) is 11.5 Å². The molecule has 0 bridgehead atoms. The van der Waals surface area contributed by atoms with Crippen LogP contribution in [0.15, 0.2) is 22.1 Å². The van der Waals surface area contributed by atoms with Crippen molar-refractivity contribution < 1.29 is 0 Å². The lowest BCUT2D eigenvalue weighted by Crippen LogP contribution is -2.15. The maximum atomic E-state index is 4.35. The second-order valence-corrected chi connectivity index (χ2v) is 7.45. The molecular formula is C12H15BrN2S2. The average molecular weight is 331 g/mol. The minimum Gasteiger partial charge on any atom is -0.311 e. The summed E-state index contributed by atoms with van der Waals surface area (Å²) >= 11 is 7.09. The maximum absolute atomic E-state index is 4.35. The molecule has 0 atom stereocenters. The van der Waals surface area contributed by atoms with E-state index in [1.807, 2.05) is 17.5 Å². The van der Waals surface area contributed by atoms with Crippen molar-refractivity contribution in [2.45, 2.75) is 26.3 Å². The molecule has 2 rings (SSSR count). The van der Waals surface area contributed by atoms with Gasteiger partial charge in [-0.25, -0.2) is 4.98 Å². The van der Waals surface area contributed by atoms with E-state index < -0.39 is 0 Å². The van der Waals surface area contributed by atoms with E-state index in [2.05, 4.69) is 45.3 Å². The Morgan fingerprint density at radius 1 is 1.29 bits per heavy atom. The summed E-state index contributed by atoms with van der Waals surface area (Å²) in [4.78, 5) is 7.10. The van der Waals surface area contributed by atoms with Gasteiger partial charge in [-0.3, -0.25) is 0 Å². The molecule has 2 nitrogen and oxygen atoms in total. The summed E-state index contributed by atoms with van der Waals surface area (Å²) in [6.45, 7) is 4.10. The quantitative estimate of drug-likeness (QED) is 0.813. The predicted molar refractivity (Wildman–Crippen MR) is 78.9 cm³/mol. The highest BCUT2D eigenvalue weighted by molar-refractivity contribution is 9.11. The molecule has 0 spiro atoms. The molecule has 0 aliphatic heterocycles. The average Bonchev–Trinajstić information content (AvgIpc) is 2.93. The van der Waals surface area contributed by atoms with Crippen molar-refractivity contribution in [1.29, 1.82) is 0 Å². The Morgan fingerprint density at radius 3 is 2.82 bits per heavy atom. The number of nitrogens with zero attached hydrogens (tertiary/aromatic N) is 1. The molecule has 0 fully saturated rings. The first-order valence-electron chi connectivity index (χ1n) is 5.66. The van der Waals surface area contributed by atoms with Gasteiger partial charge in [0, 0.05) is 29.0 Å². The number of aryl methyl sites for hydroxylation is 1. The minimum atomic E-state index is 0.935. The van der Waals surface area contributed by atoms with Gasteiger partial charge < -0.3 is 5.32 Å². The molecular weight excluding hydrogens is 316 g/mol. The van der Waals surface area contributed by atoms with Crippen LogP contribution in [-0.2, 0) is 19.4 Å². The third-order valence-electron chi connectivity index (χ3n) is 2.38. The molecule has 2 heterocycles. The molecule has 2 aromatic heterocycles. The number of rotatable bonds is 6. The van der Waals surface area contributed by atoms with Gasteiger partial charge in [0.1, 0.15) is 0 Å². The van der Waals surface area contributed by atoms with Crippen molar-refractivity contribution in [3.63, 3.8) is 0 Å². The fourth-order valence-electron chi connectivity index (χ4n) is 1.50. The Morgan fingerprint density at radius 2 is 2.18 bits per heavy atom. The summed E-state index contributed by atoms with van der Waals surface area (Å²) in [5.74, 6) is 0. The molecule has 17 heavy (non-hydrogen) atoms. The third kappa shape index (κ3) is 4.17. The van der Waals surface area contributed by atoms with Crippen LogP contribution in [0.1, 0.15) is 21.7 Å². The Labute approximate surface area is 118 Å². The molecule has 0 aliphatic carbocycles. The number of hydrogen-bond donors (Lipinski definition) is 1. The van der Waals surface area contributed by atoms with Crippen molar-refractivity contribution in [3.05, 3.63) is 36.9 Å². The van der Waals surface area contributed by atoms with Gasteiger partial charge in [0.25, 0.3) is 0 Å². The molecule has 1 N–H and O–H groups in total. The van der Waals surface area contributed by atoms with E-state index in [4.69, 9.17) is 0 Å². The lowest BCUT2D eigenvalue weighted by atomic mass is 10.3. The van der Waals surface area contributed by atoms with Gasteiger partial charge in [0.2, 0.25) is 0 Å². The van der Waals surface area contributed by atoms with E-state index in [9.17, 15) is 0 Å². The molecule has 0 unspecified atom stereocenters. The van der Waals surface area contributed by atoms with Gasteiger partial charge in [-0.1, -0.05) is 6.92 Å². The van der Waals surface area contributed by atoms with Crippen LogP contribution in [0.5, 0.6) is 0 Å². The molecule has 0 aliphatic rings. The van der Waals surface area contributed by atoms with Crippen molar-refractivity contribution in [2.24, 2.45) is 0 Å². The van der Waals surface area contributed by atoms with Gasteiger partial charge >= 0.3 is 0 Å². The number of thiazole rings is 1. The maximum Gasteiger partial charge on any atom is 0.0925 e. The van der Waals surface area contributed by atoms with Gasteiger partial charge in [-0.05, 0) is 40.9 Å². The topological polar surface area (TPSA) is 24.9 Å². The minimum absolute atomic E-state index is 0.935. The molecule has 2 aromatic rings. The number of halogens is 1. The van der Waals surface area contributed by atoms with Crippen LogP contribution in [0.4, 0.5) is 0 Å². The van der Waals surface area contributed by atoms with Gasteiger partial charge in [0.15, 0.2) is 0 Å². The second kappa shape index (κ2) is 6.64. The second-order valence-electron chi connectivity index (χ2n) is 3.71. The van der Waals surface area contributed by atoms with Crippen LogP contribution in [0.2, 0.25) is 0 Å². The largest absolute Gasteiger partial charge is 0.311 e. The standard InChI is InChI=1S/C12H15BrN2S2/c1-2-12-15-8-10(17-12)7-14-6-5-9-3-4-11(13)16-9/h3-4,8,14H,2,5-7H2,1H3. The fourth-order valence-corrected chi connectivity index (χ4v) is 3.82. The summed E-state index contributed by atoms with van der Waals surface area (Å²) in [5.41, 5.74) is 0. The van der Waals surface area contributed by atoms with Crippen LogP contribution in [0.3, 0.4) is 0 Å². The summed E-state index contributed by atoms with van der Waals surface area (Å²) in [7, 11) is 0. The SMILES string of the molecule is CCc1ncc(CNCCc2ccc(Br)s2)s1. The first-order chi connectivity index (χ1) is 8.28. The van der Waals surface area contributed by atoms with E-state index >= 15 is 0 Å². The molecule has 92 valence electrons. The van der Waals surface area contributed by atoms with Crippen molar-refractivity contribution in [3.8, 4) is 0 Å². The van der Waals surface area contributed by atoms with E-state index in [0.717, 1.165) is 25.9 Å². The van der Waals surface area contributed by atoms with Crippen LogP contribution < -0.4 is 5.32 Å². The molecule has 0 saturated heterocycles. The van der Waals surface area contributed by atoms with Crippen LogP contribution >= 0.6 is 38.6 Å². The van der Waals surface area contributed by atoms with Crippen LogP contribution in [0, 0.1) is 0 Å². The molecule has 0 saturated carbocycles. The normalized spacial score (nSPS) is 10.9. The Balaban J connectivity index is 1.69. The van der Waals surface area contributed by atoms with Crippen molar-refractivity contribution in [1.82, 2.24) is 10.3 Å². The zero-order valence-electron chi connectivity index (χ0n) is 9.70. The number of nitrogens with one attached hydrogen (secondary N) is 1. The van der Waals surface area contributed by atoms with Crippen molar-refractivity contribution in [2.75, 3.05) is 6.54 Å². The Bertz CT molecular complexity index is 465. The molecule has 0 aromatic carbocycles. The summed E-state index contributed by atoms with van der Waals surface area (Å²) in [6, 6.07) is 4.29. The molecule has 5 heteroatoms. The summed E-state index contributed by atoms with van der Waals surface area (Å²) in [5, 5.41) is 4.68. The first-order valence-corrected chi connectivity index (χ1v) is 8.09. The van der Waals surface area contributed by atoms with Gasteiger partial charge in [0.05, 0.1) is 8.79 Å². The lowest BCUT2D eigenvalue weighted by molar-refractivity contribution is 0.696. The van der Waals surface area contributed by atoms with E-state index in [1.54, 1.807) is 11.3 Å². The highest BCUT2D eigenvalue weighted by Gasteiger charge is 2.00. The van der Waals surface area contributed by atoms with E-state index in [1.165, 1.54) is 18.5 Å². The first kappa shape index (κ1) is 13.2. The monoisotopic (exact) mass is 330 g/mol. The Kier molecular flexibility index (Phi) is 5.16. The predicted octanol–water partition coefficient (Wildman–Crippen LogP) is 3.86. The van der Waals surface area contributed by atoms with E-state index in [0.29, 0.717) is 0 Å². The Hall–Kier alpha value is -0.230. The highest BCUT2D eigenvalue weighted by Crippen LogP contribution is 2.22. The third-order valence-corrected chi connectivity index (χ3v) is 5.21. The van der Waals surface area contributed by atoms with Crippen molar-refractivity contribution >= 4 is 38.6 Å². The van der Waals surface area contributed by atoms with E-state index in [-0.39, 0.29) is 0 Å². The number of aromatic nitrogens is 1. The lowest BCUT2D eigenvalue weighted by Gasteiger charge is -2.00. The zero-order valence-corrected chi connectivity index (χ0v) is 12.9. The van der Waals surface area contributed by atoms with Crippen LogP contribution in [0.25, 0.3) is 0 Å². The summed E-state index contributed by atoms with van der Waals surface area (Å²) in [6.07, 6.45) is 4.11. The highest BCUT2D eigenvalue weighted by atomic mass is 79.9. The molecule has 0 radical (unpaired) electrons. The zero-order chi connectivity index (χ0) is 12.1. The molecule has 0 amide bonds.